The fourth-order valence-corrected chi connectivity index (χ4v) is 8.97. The Hall–Kier alpha value is -5.68. The second kappa shape index (κ2) is 21.3. The Kier molecular flexibility index (Phi) is 15.3. The summed E-state index contributed by atoms with van der Waals surface area (Å²) < 4.78 is 60.3. The molecule has 12 heteroatoms. The van der Waals surface area contributed by atoms with Crippen molar-refractivity contribution in [2.45, 2.75) is 25.1 Å². The van der Waals surface area contributed by atoms with Gasteiger partial charge in [0.15, 0.2) is 0 Å². The summed E-state index contributed by atoms with van der Waals surface area (Å²) in [4.78, 5) is 4.36. The summed E-state index contributed by atoms with van der Waals surface area (Å²) in [5.74, 6) is 3.09. The van der Waals surface area contributed by atoms with Gasteiger partial charge in [0.05, 0.1) is 38.6 Å². The van der Waals surface area contributed by atoms with Crippen LogP contribution in [0.15, 0.2) is 182 Å². The third-order valence-electron chi connectivity index (χ3n) is 12.4. The molecule has 0 fully saturated rings. The van der Waals surface area contributed by atoms with Gasteiger partial charge in [-0.2, -0.15) is 0 Å². The van der Waals surface area contributed by atoms with Gasteiger partial charge < -0.3 is 37.9 Å². The molecule has 9 rings (SSSR count). The molecule has 0 aliphatic heterocycles. The van der Waals surface area contributed by atoms with Crippen LogP contribution in [0, 0.1) is 0 Å². The zero-order valence-corrected chi connectivity index (χ0v) is 46.0. The summed E-state index contributed by atoms with van der Waals surface area (Å²) in [6.45, 7) is 1.82. The Bertz CT molecular complexity index is 2960. The molecule has 68 heavy (non-hydrogen) atoms. The van der Waals surface area contributed by atoms with Crippen molar-refractivity contribution < 1.29 is 101 Å². The van der Waals surface area contributed by atoms with Gasteiger partial charge in [-0.05, 0) is 169 Å². The molecule has 1 aromatic heterocycles. The van der Waals surface area contributed by atoms with Gasteiger partial charge in [-0.25, -0.2) is 8.42 Å². The van der Waals surface area contributed by atoms with E-state index in [-0.39, 0.29) is 75.3 Å². The average Bonchev–Trinajstić information content (AvgIpc) is 3.68. The smallest absolute Gasteiger partial charge is 0.748 e. The molecule has 0 amide bonds. The molecule has 0 bridgehead atoms. The number of nitrogens with zero attached hydrogens (tertiary/aromatic N) is 3. The van der Waals surface area contributed by atoms with E-state index in [1.165, 1.54) is 6.92 Å². The van der Waals surface area contributed by atoms with Crippen LogP contribution in [-0.2, 0) is 16.7 Å². The predicted molar refractivity (Wildman–Crippen MR) is 270 cm³/mol. The summed E-state index contributed by atoms with van der Waals surface area (Å²) in [6.07, 6.45) is 0.168. The zero-order valence-electron chi connectivity index (χ0n) is 38.9. The van der Waals surface area contributed by atoms with E-state index in [9.17, 15) is 13.0 Å². The molecule has 0 spiro atoms. The van der Waals surface area contributed by atoms with Crippen molar-refractivity contribution in [2.75, 3.05) is 38.2 Å². The van der Waals surface area contributed by atoms with Crippen molar-refractivity contribution in [3.8, 4) is 45.3 Å². The van der Waals surface area contributed by atoms with Crippen LogP contribution >= 0.6 is 0 Å². The Morgan fingerprint density at radius 2 is 0.706 bits per heavy atom. The van der Waals surface area contributed by atoms with Crippen molar-refractivity contribution in [3.63, 3.8) is 0 Å². The molecule has 9 aromatic rings. The van der Waals surface area contributed by atoms with Crippen molar-refractivity contribution >= 4 is 66.0 Å². The minimum Gasteiger partial charge on any atom is -0.748 e. The number of rotatable bonds is 16. The molecule has 0 saturated carbocycles. The van der Waals surface area contributed by atoms with Crippen LogP contribution in [0.5, 0.6) is 23.0 Å². The molecule has 1 atom stereocenters. The molecule has 1 heterocycles. The Morgan fingerprint density at radius 3 is 0.971 bits per heavy atom. The van der Waals surface area contributed by atoms with E-state index in [0.29, 0.717) is 6.54 Å². The maximum atomic E-state index is 12.1. The summed E-state index contributed by atoms with van der Waals surface area (Å²) in [5, 5.41) is 1.02. The number of aryl methyl sites for hydroxylation is 1. The fraction of sp³-hybridized carbons (Fsp3) is 0.143. The van der Waals surface area contributed by atoms with Crippen LogP contribution in [0.25, 0.3) is 44.1 Å². The largest absolute Gasteiger partial charge is 1.00 e. The number of aromatic nitrogens is 1. The van der Waals surface area contributed by atoms with Crippen molar-refractivity contribution in [2.24, 2.45) is 0 Å². The predicted octanol–water partition coefficient (Wildman–Crippen LogP) is 10.4. The molecular formula is C56H50CsN3O7S. The maximum Gasteiger partial charge on any atom is 1.00 e. The molecule has 0 N–H and O–H groups in total. The van der Waals surface area contributed by atoms with E-state index >= 15 is 0 Å². The van der Waals surface area contributed by atoms with E-state index in [0.717, 1.165) is 101 Å². The van der Waals surface area contributed by atoms with Crippen molar-refractivity contribution in [1.82, 2.24) is 4.57 Å². The molecule has 1 unspecified atom stereocenters. The van der Waals surface area contributed by atoms with Gasteiger partial charge >= 0.3 is 68.9 Å². The van der Waals surface area contributed by atoms with Crippen LogP contribution in [-0.4, -0.2) is 51.2 Å². The van der Waals surface area contributed by atoms with Gasteiger partial charge in [-0.3, -0.25) is 0 Å². The normalized spacial score (nSPS) is 11.7. The fourth-order valence-electron chi connectivity index (χ4n) is 8.58. The van der Waals surface area contributed by atoms with E-state index in [4.69, 9.17) is 18.9 Å². The second-order valence-corrected chi connectivity index (χ2v) is 18.1. The Balaban J connectivity index is 0.00000625. The van der Waals surface area contributed by atoms with Gasteiger partial charge in [0.2, 0.25) is 0 Å². The Morgan fingerprint density at radius 1 is 0.441 bits per heavy atom. The first-order chi connectivity index (χ1) is 32.5. The number of methoxy groups -OCH3 is 4. The third-order valence-corrected chi connectivity index (χ3v) is 13.6. The number of fused-ring (bicyclic) bond motifs is 3. The van der Waals surface area contributed by atoms with Gasteiger partial charge in [0.1, 0.15) is 23.0 Å². The Labute approximate surface area is 456 Å². The van der Waals surface area contributed by atoms with Gasteiger partial charge in [-0.15, -0.1) is 0 Å². The summed E-state index contributed by atoms with van der Waals surface area (Å²) in [5.41, 5.74) is 11.8. The monoisotopic (exact) mass is 1040 g/mol. The number of hydrogen-bond acceptors (Lipinski definition) is 9. The van der Waals surface area contributed by atoms with Crippen LogP contribution < -0.4 is 97.6 Å². The van der Waals surface area contributed by atoms with Gasteiger partial charge in [0, 0.05) is 67.7 Å². The van der Waals surface area contributed by atoms with Gasteiger partial charge in [-0.1, -0.05) is 48.5 Å². The standard InChI is InChI=1S/C56H51N3O7S.Cs/c1-38(67(60,61)62)34-35-57-55-36-41(39-6-12-43(13-7-39)58(45-16-24-49(63-2)25-17-45)46-18-26-50(64-3)27-19-46)10-32-53(55)54-33-11-42(37-56(54)57)40-8-14-44(15-9-40)59(47-20-28-51(65-4)29-21-47)48-22-30-52(66-5)31-23-48;/h6-33,36-38H,34-35H2,1-5H3,(H,60,61,62);/q;+1/p-1. The molecule has 338 valence electrons. The van der Waals surface area contributed by atoms with E-state index in [2.05, 4.69) is 99.3 Å². The minimum atomic E-state index is -4.48. The van der Waals surface area contributed by atoms with Crippen LogP contribution in [0.4, 0.5) is 34.1 Å². The molecule has 0 radical (unpaired) electrons. The maximum absolute atomic E-state index is 12.1. The first-order valence-corrected chi connectivity index (χ1v) is 23.4. The average molecular weight is 1040 g/mol. The third kappa shape index (κ3) is 10.3. The molecule has 0 saturated heterocycles. The summed E-state index contributed by atoms with van der Waals surface area (Å²) in [6, 6.07) is 61.6. The topological polar surface area (TPSA) is 106 Å². The molecule has 0 aliphatic rings. The number of benzene rings is 8. The second-order valence-electron chi connectivity index (χ2n) is 16.3. The molecule has 0 aliphatic carbocycles. The molecule has 8 aromatic carbocycles. The quantitative estimate of drug-likeness (QED) is 0.0875. The number of ether oxygens (including phenoxy) is 4. The number of anilines is 6. The van der Waals surface area contributed by atoms with Crippen LogP contribution in [0.3, 0.4) is 0 Å². The van der Waals surface area contributed by atoms with E-state index < -0.39 is 15.4 Å². The molecular weight excluding hydrogens is 992 g/mol. The van der Waals surface area contributed by atoms with Crippen LogP contribution in [0.2, 0.25) is 0 Å². The van der Waals surface area contributed by atoms with Crippen LogP contribution in [0.1, 0.15) is 13.3 Å². The minimum absolute atomic E-state index is 0. The van der Waals surface area contributed by atoms with Gasteiger partial charge in [0.25, 0.3) is 0 Å². The van der Waals surface area contributed by atoms with E-state index in [1.807, 2.05) is 97.1 Å². The SMILES string of the molecule is COc1ccc(N(c2ccc(OC)cc2)c2ccc(-c3ccc4c5ccc(-c6ccc(N(c7ccc(OC)cc7)c7ccc(OC)cc7)cc6)cc5n(CCC(C)S(=O)(=O)[O-])c4c3)cc2)cc1.[Cs+]. The summed E-state index contributed by atoms with van der Waals surface area (Å²) >= 11 is 0. The zero-order chi connectivity index (χ0) is 46.7. The number of hydrogen-bond donors (Lipinski definition) is 0. The first kappa shape index (κ1) is 48.8. The van der Waals surface area contributed by atoms with Crippen molar-refractivity contribution in [1.29, 1.82) is 0 Å². The summed E-state index contributed by atoms with van der Waals surface area (Å²) in [7, 11) is 2.15. The molecule has 10 nitrogen and oxygen atoms in total. The first-order valence-electron chi connectivity index (χ1n) is 21.9. The van der Waals surface area contributed by atoms with E-state index in [1.54, 1.807) is 28.4 Å². The van der Waals surface area contributed by atoms with Crippen molar-refractivity contribution in [3.05, 3.63) is 182 Å².